The van der Waals surface area contributed by atoms with E-state index in [0.29, 0.717) is 12.1 Å². The lowest BCUT2D eigenvalue weighted by Gasteiger charge is -2.15. The smallest absolute Gasteiger partial charge is 0.363 e. The molecule has 1 aromatic carbocycles. The first-order valence-corrected chi connectivity index (χ1v) is 7.23. The molecule has 0 saturated heterocycles. The Morgan fingerprint density at radius 1 is 0.923 bits per heavy atom. The highest BCUT2D eigenvalue weighted by Gasteiger charge is 2.37. The fourth-order valence-corrected chi connectivity index (χ4v) is 2.16. The third kappa shape index (κ3) is 4.43. The maximum atomic E-state index is 12.9. The summed E-state index contributed by atoms with van der Waals surface area (Å²) in [6.45, 7) is 0. The van der Waals surface area contributed by atoms with Crippen LogP contribution in [-0.2, 0) is 12.4 Å². The highest BCUT2D eigenvalue weighted by atomic mass is 35.5. The van der Waals surface area contributed by atoms with Crippen LogP contribution in [0.3, 0.4) is 0 Å². The average molecular weight is 398 g/mol. The minimum Gasteiger partial charge on any atom is -0.363 e. The number of carbonyl (C=O) groups excluding carboxylic acids is 1. The van der Waals surface area contributed by atoms with E-state index in [9.17, 15) is 31.1 Å². The molecule has 0 aliphatic carbocycles. The van der Waals surface area contributed by atoms with Gasteiger partial charge in [-0.15, -0.1) is 0 Å². The third-order valence-corrected chi connectivity index (χ3v) is 3.40. The predicted octanol–water partition coefficient (Wildman–Crippen LogP) is 4.46. The summed E-state index contributed by atoms with van der Waals surface area (Å²) in [5.41, 5.74) is -4.43. The van der Waals surface area contributed by atoms with E-state index in [-0.39, 0.29) is 17.2 Å². The van der Waals surface area contributed by atoms with Gasteiger partial charge in [0, 0.05) is 25.7 Å². The van der Waals surface area contributed by atoms with E-state index in [1.807, 2.05) is 0 Å². The summed E-state index contributed by atoms with van der Waals surface area (Å²) in [5, 5.41) is -0.373. The molecule has 26 heavy (non-hydrogen) atoms. The number of carbonyl (C=O) groups is 1. The highest BCUT2D eigenvalue weighted by molar-refractivity contribution is 6.28. The molecule has 0 fully saturated rings. The van der Waals surface area contributed by atoms with Crippen LogP contribution >= 0.6 is 11.6 Å². The van der Waals surface area contributed by atoms with E-state index in [0.717, 1.165) is 6.07 Å². The molecule has 0 amide bonds. The van der Waals surface area contributed by atoms with E-state index in [2.05, 4.69) is 9.97 Å². The second-order valence-corrected chi connectivity index (χ2v) is 5.74. The molecule has 0 aliphatic rings. The quantitative estimate of drug-likeness (QED) is 0.436. The summed E-state index contributed by atoms with van der Waals surface area (Å²) in [6.07, 6.45) is -10.1. The SMILES string of the molecule is CN(C)c1cc(C(=O)c2cc(C(F)(F)F)cc(C(F)(F)F)c2)nc(Cl)n1. The summed E-state index contributed by atoms with van der Waals surface area (Å²) in [5.74, 6) is -0.981. The molecule has 2 aromatic rings. The Morgan fingerprint density at radius 2 is 1.42 bits per heavy atom. The van der Waals surface area contributed by atoms with Crippen LogP contribution < -0.4 is 4.90 Å². The Morgan fingerprint density at radius 3 is 1.85 bits per heavy atom. The van der Waals surface area contributed by atoms with Crippen molar-refractivity contribution >= 4 is 23.2 Å². The Hall–Kier alpha value is -2.36. The standard InChI is InChI=1S/C15H10ClF6N3O/c1-25(2)11-6-10(23-13(16)24-11)12(26)7-3-8(14(17,18)19)5-9(4-7)15(20,21)22/h3-6H,1-2H3. The number of benzene rings is 1. The first-order valence-electron chi connectivity index (χ1n) is 6.85. The zero-order chi connectivity index (χ0) is 19.9. The maximum Gasteiger partial charge on any atom is 0.416 e. The van der Waals surface area contributed by atoms with Gasteiger partial charge in [-0.1, -0.05) is 0 Å². The Bertz CT molecular complexity index is 816. The van der Waals surface area contributed by atoms with Crippen LogP contribution in [0.4, 0.5) is 32.2 Å². The molecule has 0 saturated carbocycles. The summed E-state index contributed by atoms with van der Waals surface area (Å²) >= 11 is 5.67. The Balaban J connectivity index is 2.62. The number of hydrogen-bond acceptors (Lipinski definition) is 4. The zero-order valence-corrected chi connectivity index (χ0v) is 14.0. The molecule has 0 radical (unpaired) electrons. The van der Waals surface area contributed by atoms with Crippen molar-refractivity contribution < 1.29 is 31.1 Å². The molecule has 0 spiro atoms. The molecular weight excluding hydrogens is 388 g/mol. The average Bonchev–Trinajstić information content (AvgIpc) is 2.51. The lowest BCUT2D eigenvalue weighted by molar-refractivity contribution is -0.143. The lowest BCUT2D eigenvalue weighted by atomic mass is 10.0. The topological polar surface area (TPSA) is 46.1 Å². The van der Waals surface area contributed by atoms with Crippen LogP contribution in [0, 0.1) is 0 Å². The second-order valence-electron chi connectivity index (χ2n) is 5.40. The molecule has 1 aromatic heterocycles. The number of hydrogen-bond donors (Lipinski definition) is 0. The second kappa shape index (κ2) is 6.75. The van der Waals surface area contributed by atoms with Gasteiger partial charge in [0.1, 0.15) is 11.5 Å². The van der Waals surface area contributed by atoms with Gasteiger partial charge >= 0.3 is 12.4 Å². The third-order valence-electron chi connectivity index (χ3n) is 3.23. The summed E-state index contributed by atoms with van der Waals surface area (Å²) < 4.78 is 77.4. The summed E-state index contributed by atoms with van der Waals surface area (Å²) in [7, 11) is 3.11. The molecule has 0 unspecified atom stereocenters. The van der Waals surface area contributed by atoms with Crippen LogP contribution in [0.25, 0.3) is 0 Å². The van der Waals surface area contributed by atoms with Gasteiger partial charge in [0.15, 0.2) is 0 Å². The minimum atomic E-state index is -5.06. The number of aromatic nitrogens is 2. The first-order chi connectivity index (χ1) is 11.8. The summed E-state index contributed by atoms with van der Waals surface area (Å²) in [6, 6.07) is 1.72. The fourth-order valence-electron chi connectivity index (χ4n) is 1.99. The highest BCUT2D eigenvalue weighted by Crippen LogP contribution is 2.36. The molecule has 140 valence electrons. The minimum absolute atomic E-state index is 0.0605. The Kier molecular flexibility index (Phi) is 5.18. The molecule has 0 N–H and O–H groups in total. The van der Waals surface area contributed by atoms with Gasteiger partial charge in [-0.05, 0) is 29.8 Å². The zero-order valence-electron chi connectivity index (χ0n) is 13.2. The number of halogens is 7. The van der Waals surface area contributed by atoms with E-state index in [1.54, 1.807) is 14.1 Å². The van der Waals surface area contributed by atoms with Crippen molar-refractivity contribution in [2.45, 2.75) is 12.4 Å². The van der Waals surface area contributed by atoms with E-state index < -0.39 is 40.5 Å². The number of rotatable bonds is 3. The van der Waals surface area contributed by atoms with Crippen molar-refractivity contribution in [1.29, 1.82) is 0 Å². The van der Waals surface area contributed by atoms with E-state index in [1.165, 1.54) is 4.90 Å². The molecule has 1 heterocycles. The molecule has 0 bridgehead atoms. The van der Waals surface area contributed by atoms with Crippen molar-refractivity contribution in [3.05, 3.63) is 51.9 Å². The van der Waals surface area contributed by atoms with E-state index in [4.69, 9.17) is 11.6 Å². The van der Waals surface area contributed by atoms with Gasteiger partial charge < -0.3 is 4.90 Å². The fraction of sp³-hybridized carbons (Fsp3) is 0.267. The lowest BCUT2D eigenvalue weighted by Crippen LogP contribution is -2.16. The molecule has 2 rings (SSSR count). The van der Waals surface area contributed by atoms with Gasteiger partial charge in [0.25, 0.3) is 0 Å². The first kappa shape index (κ1) is 20.0. The molecule has 11 heteroatoms. The van der Waals surface area contributed by atoms with Gasteiger partial charge in [-0.25, -0.2) is 9.97 Å². The molecule has 0 atom stereocenters. The molecule has 4 nitrogen and oxygen atoms in total. The van der Waals surface area contributed by atoms with Crippen molar-refractivity contribution in [1.82, 2.24) is 9.97 Å². The Labute approximate surface area is 148 Å². The van der Waals surface area contributed by atoms with Crippen molar-refractivity contribution in [2.75, 3.05) is 19.0 Å². The van der Waals surface area contributed by atoms with Crippen molar-refractivity contribution in [3.63, 3.8) is 0 Å². The maximum absolute atomic E-state index is 12.9. The largest absolute Gasteiger partial charge is 0.416 e. The number of anilines is 1. The van der Waals surface area contributed by atoms with Crippen molar-refractivity contribution in [3.8, 4) is 0 Å². The van der Waals surface area contributed by atoms with Gasteiger partial charge in [-0.3, -0.25) is 4.79 Å². The van der Waals surface area contributed by atoms with Crippen molar-refractivity contribution in [2.24, 2.45) is 0 Å². The predicted molar refractivity (Wildman–Crippen MR) is 81.2 cm³/mol. The van der Waals surface area contributed by atoms with E-state index >= 15 is 0 Å². The number of nitrogens with zero attached hydrogens (tertiary/aromatic N) is 3. The monoisotopic (exact) mass is 397 g/mol. The van der Waals surface area contributed by atoms with Crippen LogP contribution in [0.15, 0.2) is 24.3 Å². The number of ketones is 1. The van der Waals surface area contributed by atoms with Crippen LogP contribution in [0.1, 0.15) is 27.2 Å². The van der Waals surface area contributed by atoms with Gasteiger partial charge in [0.05, 0.1) is 11.1 Å². The van der Waals surface area contributed by atoms with Gasteiger partial charge in [-0.2, -0.15) is 26.3 Å². The number of alkyl halides is 6. The van der Waals surface area contributed by atoms with Gasteiger partial charge in [0.2, 0.25) is 11.1 Å². The van der Waals surface area contributed by atoms with Crippen LogP contribution in [0.5, 0.6) is 0 Å². The normalized spacial score (nSPS) is 12.2. The molecule has 0 aliphatic heterocycles. The summed E-state index contributed by atoms with van der Waals surface area (Å²) in [4.78, 5) is 21.3. The molecular formula is C15H10ClF6N3O. The van der Waals surface area contributed by atoms with Crippen LogP contribution in [0.2, 0.25) is 5.28 Å². The van der Waals surface area contributed by atoms with Crippen LogP contribution in [-0.4, -0.2) is 29.8 Å².